The van der Waals surface area contributed by atoms with Crippen LogP contribution in [0.2, 0.25) is 0 Å². The molecule has 0 spiro atoms. The zero-order valence-electron chi connectivity index (χ0n) is 7.10. The van der Waals surface area contributed by atoms with Crippen LogP contribution in [0, 0.1) is 0 Å². The van der Waals surface area contributed by atoms with Gasteiger partial charge in [0.05, 0.1) is 0 Å². The van der Waals surface area contributed by atoms with Gasteiger partial charge >= 0.3 is 0 Å². The van der Waals surface area contributed by atoms with E-state index in [1.165, 1.54) is 44.9 Å². The van der Waals surface area contributed by atoms with E-state index in [1.54, 1.807) is 11.1 Å². The Morgan fingerprint density at radius 2 is 1.91 bits per heavy atom. The molecule has 0 aromatic carbocycles. The molecule has 0 atom stereocenters. The third-order valence-electron chi connectivity index (χ3n) is 2.74. The molecule has 0 radical (unpaired) electrons. The largest absolute Gasteiger partial charge is 0.0847 e. The van der Waals surface area contributed by atoms with Gasteiger partial charge in [0.2, 0.25) is 0 Å². The van der Waals surface area contributed by atoms with Crippen molar-refractivity contribution in [1.82, 2.24) is 0 Å². The van der Waals surface area contributed by atoms with Crippen molar-refractivity contribution in [1.29, 1.82) is 0 Å². The third kappa shape index (κ3) is 1.74. The molecule has 0 amide bonds. The van der Waals surface area contributed by atoms with Crippen LogP contribution in [0.15, 0.2) is 23.3 Å². The first kappa shape index (κ1) is 7.15. The van der Waals surface area contributed by atoms with E-state index in [1.807, 2.05) is 0 Å². The standard InChI is InChI=1S/C11H16/c1-2-4-6-11-8-7-10(9-11)5-3-1/h5,8H,1-4,6-7,9H2/b10-5-. The van der Waals surface area contributed by atoms with Crippen molar-refractivity contribution in [3.05, 3.63) is 23.3 Å². The average Bonchev–Trinajstić information content (AvgIpc) is 2.49. The Bertz CT molecular complexity index is 196. The summed E-state index contributed by atoms with van der Waals surface area (Å²) in [6, 6.07) is 0. The average molecular weight is 148 g/mol. The minimum Gasteiger partial charge on any atom is -0.0847 e. The van der Waals surface area contributed by atoms with Gasteiger partial charge in [0.25, 0.3) is 0 Å². The number of rotatable bonds is 0. The molecular weight excluding hydrogens is 132 g/mol. The molecule has 2 aliphatic carbocycles. The van der Waals surface area contributed by atoms with Crippen LogP contribution in [-0.2, 0) is 0 Å². The zero-order chi connectivity index (χ0) is 7.52. The first-order valence-electron chi connectivity index (χ1n) is 4.81. The van der Waals surface area contributed by atoms with Crippen molar-refractivity contribution in [3.8, 4) is 0 Å². The topological polar surface area (TPSA) is 0 Å². The van der Waals surface area contributed by atoms with E-state index in [0.717, 1.165) is 0 Å². The molecule has 0 unspecified atom stereocenters. The van der Waals surface area contributed by atoms with Crippen molar-refractivity contribution in [3.63, 3.8) is 0 Å². The van der Waals surface area contributed by atoms with Crippen LogP contribution in [-0.4, -0.2) is 0 Å². The van der Waals surface area contributed by atoms with Crippen LogP contribution >= 0.6 is 0 Å². The molecule has 0 heterocycles. The monoisotopic (exact) mass is 148 g/mol. The van der Waals surface area contributed by atoms with E-state index in [4.69, 9.17) is 0 Å². The molecule has 2 rings (SSSR count). The Morgan fingerprint density at radius 1 is 0.909 bits per heavy atom. The molecule has 0 aromatic rings. The highest BCUT2D eigenvalue weighted by Gasteiger charge is 2.10. The second-order valence-corrected chi connectivity index (χ2v) is 3.70. The number of allylic oxidation sites excluding steroid dienone is 4. The molecule has 0 fully saturated rings. The van der Waals surface area contributed by atoms with Crippen LogP contribution in [0.25, 0.3) is 0 Å². The Balaban J connectivity index is 2.06. The van der Waals surface area contributed by atoms with Crippen molar-refractivity contribution >= 4 is 0 Å². The maximum atomic E-state index is 2.47. The molecule has 0 saturated carbocycles. The fraction of sp³-hybridized carbons (Fsp3) is 0.636. The highest BCUT2D eigenvalue weighted by Crippen LogP contribution is 2.29. The van der Waals surface area contributed by atoms with Gasteiger partial charge in [-0.1, -0.05) is 29.7 Å². The van der Waals surface area contributed by atoms with Gasteiger partial charge in [-0.2, -0.15) is 0 Å². The van der Waals surface area contributed by atoms with Gasteiger partial charge in [-0.05, 0) is 38.5 Å². The van der Waals surface area contributed by atoms with E-state index in [9.17, 15) is 0 Å². The van der Waals surface area contributed by atoms with Crippen molar-refractivity contribution < 1.29 is 0 Å². The quantitative estimate of drug-likeness (QED) is 0.460. The van der Waals surface area contributed by atoms with Crippen molar-refractivity contribution in [2.75, 3.05) is 0 Å². The molecule has 60 valence electrons. The van der Waals surface area contributed by atoms with E-state index in [2.05, 4.69) is 12.2 Å². The SMILES string of the molecule is C1=C2CCCCC/C=C(/C1)C2. The predicted octanol–water partition coefficient (Wildman–Crippen LogP) is 3.60. The minimum absolute atomic E-state index is 1.26. The second kappa shape index (κ2) is 3.25. The lowest BCUT2D eigenvalue weighted by Gasteiger charge is -1.98. The van der Waals surface area contributed by atoms with Crippen molar-refractivity contribution in [2.24, 2.45) is 0 Å². The van der Waals surface area contributed by atoms with Crippen LogP contribution in [0.5, 0.6) is 0 Å². The van der Waals surface area contributed by atoms with Crippen LogP contribution in [0.1, 0.15) is 44.9 Å². The summed E-state index contributed by atoms with van der Waals surface area (Å²) in [5.74, 6) is 0. The molecular formula is C11H16. The summed E-state index contributed by atoms with van der Waals surface area (Å²) in [7, 11) is 0. The summed E-state index contributed by atoms with van der Waals surface area (Å²) in [5, 5.41) is 0. The molecule has 11 heavy (non-hydrogen) atoms. The molecule has 0 heteroatoms. The molecule has 2 bridgehead atoms. The van der Waals surface area contributed by atoms with Crippen LogP contribution in [0.3, 0.4) is 0 Å². The van der Waals surface area contributed by atoms with E-state index < -0.39 is 0 Å². The summed E-state index contributed by atoms with van der Waals surface area (Å²) in [5.41, 5.74) is 3.39. The second-order valence-electron chi connectivity index (χ2n) is 3.70. The molecule has 2 aliphatic rings. The lowest BCUT2D eigenvalue weighted by atomic mass is 10.1. The first-order valence-corrected chi connectivity index (χ1v) is 4.81. The third-order valence-corrected chi connectivity index (χ3v) is 2.74. The first-order chi connectivity index (χ1) is 5.45. The maximum Gasteiger partial charge on any atom is -0.0105 e. The summed E-state index contributed by atoms with van der Waals surface area (Å²) < 4.78 is 0. The summed E-state index contributed by atoms with van der Waals surface area (Å²) in [6.07, 6.45) is 14.4. The van der Waals surface area contributed by atoms with Crippen molar-refractivity contribution in [2.45, 2.75) is 44.9 Å². The minimum atomic E-state index is 1.26. The van der Waals surface area contributed by atoms with Gasteiger partial charge in [0, 0.05) is 0 Å². The van der Waals surface area contributed by atoms with Gasteiger partial charge in [0.1, 0.15) is 0 Å². The van der Waals surface area contributed by atoms with Gasteiger partial charge in [0.15, 0.2) is 0 Å². The van der Waals surface area contributed by atoms with Gasteiger partial charge in [-0.3, -0.25) is 0 Å². The van der Waals surface area contributed by atoms with E-state index >= 15 is 0 Å². The molecule has 0 saturated heterocycles. The number of hydrogen-bond acceptors (Lipinski definition) is 0. The lowest BCUT2D eigenvalue weighted by Crippen LogP contribution is -1.78. The fourth-order valence-electron chi connectivity index (χ4n) is 2.04. The fourth-order valence-corrected chi connectivity index (χ4v) is 2.04. The molecule has 0 N–H and O–H groups in total. The smallest absolute Gasteiger partial charge is 0.0105 e. The molecule has 0 nitrogen and oxygen atoms in total. The normalized spacial score (nSPS) is 29.5. The Hall–Kier alpha value is -0.520. The summed E-state index contributed by atoms with van der Waals surface area (Å²) >= 11 is 0. The van der Waals surface area contributed by atoms with Crippen LogP contribution in [0.4, 0.5) is 0 Å². The van der Waals surface area contributed by atoms with Crippen LogP contribution < -0.4 is 0 Å². The molecule has 0 aromatic heterocycles. The Morgan fingerprint density at radius 3 is 2.91 bits per heavy atom. The van der Waals surface area contributed by atoms with E-state index in [-0.39, 0.29) is 0 Å². The highest BCUT2D eigenvalue weighted by atomic mass is 14.2. The number of fused-ring (bicyclic) bond motifs is 2. The zero-order valence-corrected chi connectivity index (χ0v) is 7.10. The van der Waals surface area contributed by atoms with Gasteiger partial charge in [-0.25, -0.2) is 0 Å². The number of hydrogen-bond donors (Lipinski definition) is 0. The summed E-state index contributed by atoms with van der Waals surface area (Å²) in [4.78, 5) is 0. The predicted molar refractivity (Wildman–Crippen MR) is 48.5 cm³/mol. The van der Waals surface area contributed by atoms with Gasteiger partial charge in [-0.15, -0.1) is 0 Å². The lowest BCUT2D eigenvalue weighted by molar-refractivity contribution is 0.686. The highest BCUT2D eigenvalue weighted by molar-refractivity contribution is 5.26. The summed E-state index contributed by atoms with van der Waals surface area (Å²) in [6.45, 7) is 0. The maximum absolute atomic E-state index is 2.47. The van der Waals surface area contributed by atoms with Gasteiger partial charge < -0.3 is 0 Å². The Labute approximate surface area is 69.0 Å². The Kier molecular flexibility index (Phi) is 2.11. The molecule has 0 aliphatic heterocycles. The van der Waals surface area contributed by atoms with E-state index in [0.29, 0.717) is 0 Å².